The predicted molar refractivity (Wildman–Crippen MR) is 137 cm³/mol. The molecule has 4 rings (SSSR count). The molecule has 1 heterocycles. The molecular weight excluding hydrogens is 511 g/mol. The minimum Gasteiger partial charge on any atom is -0.497 e. The van der Waals surface area contributed by atoms with Crippen LogP contribution in [0, 0.1) is 0 Å². The van der Waals surface area contributed by atoms with Gasteiger partial charge in [0.15, 0.2) is 0 Å². The quantitative estimate of drug-likeness (QED) is 0.440. The average Bonchev–Trinajstić information content (AvgIpc) is 2.78. The van der Waals surface area contributed by atoms with Crippen LogP contribution in [0.5, 0.6) is 5.75 Å². The smallest absolute Gasteiger partial charge is 0.335 e. The van der Waals surface area contributed by atoms with Gasteiger partial charge in [0.2, 0.25) is 10.0 Å². The Kier molecular flexibility index (Phi) is 7.28. The Balaban J connectivity index is 1.67. The van der Waals surface area contributed by atoms with Gasteiger partial charge >= 0.3 is 5.97 Å². The van der Waals surface area contributed by atoms with Gasteiger partial charge < -0.3 is 9.84 Å². The molecule has 1 N–H and O–H groups in total. The molecule has 0 radical (unpaired) electrons. The maximum absolute atomic E-state index is 12.8. The SMILES string of the molecule is COc1cc(C(=O)O)cc(N(C2CN(C(c3ccc(Cl)cc3)c3ccc(Cl)cc3)C2)S(C)(=O)=O)c1. The van der Waals surface area contributed by atoms with Crippen LogP contribution in [-0.4, -0.2) is 56.9 Å². The average molecular weight is 535 g/mol. The van der Waals surface area contributed by atoms with E-state index in [0.717, 1.165) is 17.4 Å². The lowest BCUT2D eigenvalue weighted by atomic mass is 9.93. The number of nitrogens with zero attached hydrogens (tertiary/aromatic N) is 2. The summed E-state index contributed by atoms with van der Waals surface area (Å²) in [6, 6.07) is 18.8. The summed E-state index contributed by atoms with van der Waals surface area (Å²) in [7, 11) is -2.31. The van der Waals surface area contributed by atoms with Crippen molar-refractivity contribution >= 4 is 44.9 Å². The number of carbonyl (C=O) groups is 1. The molecule has 0 spiro atoms. The number of anilines is 1. The third-order valence-corrected chi connectivity index (χ3v) is 7.67. The van der Waals surface area contributed by atoms with Crippen LogP contribution in [0.3, 0.4) is 0 Å². The Labute approximate surface area is 214 Å². The number of rotatable bonds is 8. The molecule has 0 aliphatic carbocycles. The van der Waals surface area contributed by atoms with E-state index in [2.05, 4.69) is 4.90 Å². The maximum atomic E-state index is 12.8. The van der Waals surface area contributed by atoms with Crippen LogP contribution in [0.15, 0.2) is 66.7 Å². The van der Waals surface area contributed by atoms with Crippen molar-refractivity contribution in [3.05, 3.63) is 93.5 Å². The molecule has 184 valence electrons. The van der Waals surface area contributed by atoms with Crippen molar-refractivity contribution in [2.24, 2.45) is 0 Å². The van der Waals surface area contributed by atoms with E-state index < -0.39 is 16.0 Å². The highest BCUT2D eigenvalue weighted by Crippen LogP contribution is 2.37. The second-order valence-electron chi connectivity index (χ2n) is 8.40. The van der Waals surface area contributed by atoms with E-state index in [0.29, 0.717) is 23.1 Å². The molecule has 0 saturated carbocycles. The highest BCUT2D eigenvalue weighted by atomic mass is 35.5. The lowest BCUT2D eigenvalue weighted by Crippen LogP contribution is -2.61. The van der Waals surface area contributed by atoms with Crippen LogP contribution < -0.4 is 9.04 Å². The summed E-state index contributed by atoms with van der Waals surface area (Å²) in [4.78, 5) is 13.8. The van der Waals surface area contributed by atoms with Crippen molar-refractivity contribution in [2.45, 2.75) is 12.1 Å². The standard InChI is InChI=1S/C25H24Cl2N2O5S/c1-34-23-12-18(25(30)31)11-21(13-23)29(35(2,32)33)22-14-28(15-22)24(16-3-7-19(26)8-4-16)17-5-9-20(27)10-6-17/h3-13,22,24H,14-15H2,1-2H3,(H,30,31). The lowest BCUT2D eigenvalue weighted by Gasteiger charge is -2.48. The fraction of sp³-hybridized carbons (Fsp3) is 0.240. The normalized spacial score (nSPS) is 14.5. The summed E-state index contributed by atoms with van der Waals surface area (Å²) in [5.74, 6) is -0.899. The molecule has 7 nitrogen and oxygen atoms in total. The number of methoxy groups -OCH3 is 1. The molecular formula is C25H24Cl2N2O5S. The molecule has 0 atom stereocenters. The molecule has 35 heavy (non-hydrogen) atoms. The zero-order valence-electron chi connectivity index (χ0n) is 19.1. The van der Waals surface area contributed by atoms with Crippen LogP contribution in [0.2, 0.25) is 10.0 Å². The molecule has 0 unspecified atom stereocenters. The van der Waals surface area contributed by atoms with Crippen molar-refractivity contribution in [2.75, 3.05) is 30.8 Å². The first-order valence-electron chi connectivity index (χ1n) is 10.7. The number of halogens is 2. The number of benzene rings is 3. The molecule has 0 bridgehead atoms. The minimum atomic E-state index is -3.71. The Morgan fingerprint density at radius 3 is 1.94 bits per heavy atom. The number of ether oxygens (including phenoxy) is 1. The summed E-state index contributed by atoms with van der Waals surface area (Å²) in [5.41, 5.74) is 2.22. The van der Waals surface area contributed by atoms with Crippen LogP contribution in [0.4, 0.5) is 5.69 Å². The molecule has 1 fully saturated rings. The van der Waals surface area contributed by atoms with Crippen molar-refractivity contribution in [1.29, 1.82) is 0 Å². The van der Waals surface area contributed by atoms with Gasteiger partial charge in [0.25, 0.3) is 0 Å². The van der Waals surface area contributed by atoms with E-state index in [-0.39, 0.29) is 29.1 Å². The molecule has 0 amide bonds. The van der Waals surface area contributed by atoms with E-state index in [9.17, 15) is 18.3 Å². The van der Waals surface area contributed by atoms with Gasteiger partial charge in [-0.05, 0) is 47.5 Å². The minimum absolute atomic E-state index is 0.0515. The third kappa shape index (κ3) is 5.56. The fourth-order valence-electron chi connectivity index (χ4n) is 4.38. The predicted octanol–water partition coefficient (Wildman–Crippen LogP) is 4.94. The van der Waals surface area contributed by atoms with Crippen LogP contribution in [0.1, 0.15) is 27.5 Å². The van der Waals surface area contributed by atoms with Crippen LogP contribution in [0.25, 0.3) is 0 Å². The lowest BCUT2D eigenvalue weighted by molar-refractivity contribution is 0.0696. The Morgan fingerprint density at radius 2 is 1.51 bits per heavy atom. The Hall–Kier alpha value is -2.78. The zero-order valence-corrected chi connectivity index (χ0v) is 21.4. The van der Waals surface area contributed by atoms with Gasteiger partial charge in [-0.1, -0.05) is 47.5 Å². The highest BCUT2D eigenvalue weighted by molar-refractivity contribution is 7.92. The first-order chi connectivity index (χ1) is 16.6. The number of carboxylic acids is 1. The van der Waals surface area contributed by atoms with E-state index >= 15 is 0 Å². The number of hydrogen-bond donors (Lipinski definition) is 1. The maximum Gasteiger partial charge on any atom is 0.335 e. The Morgan fingerprint density at radius 1 is 1.00 bits per heavy atom. The van der Waals surface area contributed by atoms with Crippen molar-refractivity contribution in [1.82, 2.24) is 4.90 Å². The first-order valence-corrected chi connectivity index (χ1v) is 13.3. The van der Waals surface area contributed by atoms with Gasteiger partial charge in [0, 0.05) is 29.2 Å². The van der Waals surface area contributed by atoms with Gasteiger partial charge in [-0.15, -0.1) is 0 Å². The van der Waals surface area contributed by atoms with Gasteiger partial charge in [0.1, 0.15) is 5.75 Å². The molecule has 1 saturated heterocycles. The first kappa shape index (κ1) is 25.3. The van der Waals surface area contributed by atoms with Gasteiger partial charge in [-0.25, -0.2) is 13.2 Å². The van der Waals surface area contributed by atoms with Crippen LogP contribution in [-0.2, 0) is 10.0 Å². The number of hydrogen-bond acceptors (Lipinski definition) is 5. The Bertz CT molecular complexity index is 1280. The summed E-state index contributed by atoms with van der Waals surface area (Å²) in [5, 5.41) is 10.7. The topological polar surface area (TPSA) is 87.2 Å². The largest absolute Gasteiger partial charge is 0.497 e. The van der Waals surface area contributed by atoms with Gasteiger partial charge in [-0.2, -0.15) is 0 Å². The number of sulfonamides is 1. The highest BCUT2D eigenvalue weighted by Gasteiger charge is 2.41. The molecule has 1 aliphatic heterocycles. The van der Waals surface area contributed by atoms with E-state index in [4.69, 9.17) is 27.9 Å². The summed E-state index contributed by atoms with van der Waals surface area (Å²) in [6.07, 6.45) is 1.12. The fourth-order valence-corrected chi connectivity index (χ4v) is 5.79. The summed E-state index contributed by atoms with van der Waals surface area (Å²) >= 11 is 12.2. The molecule has 1 aliphatic rings. The second-order valence-corrected chi connectivity index (χ2v) is 11.1. The second kappa shape index (κ2) is 10.1. The van der Waals surface area contributed by atoms with Gasteiger partial charge in [-0.3, -0.25) is 9.21 Å². The van der Waals surface area contributed by atoms with Crippen molar-refractivity contribution in [3.63, 3.8) is 0 Å². The zero-order chi connectivity index (χ0) is 25.3. The van der Waals surface area contributed by atoms with E-state index in [1.165, 1.54) is 29.6 Å². The number of aromatic carboxylic acids is 1. The van der Waals surface area contributed by atoms with E-state index in [1.807, 2.05) is 48.5 Å². The van der Waals surface area contributed by atoms with Crippen molar-refractivity contribution < 1.29 is 23.1 Å². The van der Waals surface area contributed by atoms with Crippen molar-refractivity contribution in [3.8, 4) is 5.75 Å². The number of likely N-dealkylation sites (tertiary alicyclic amines) is 1. The number of carboxylic acid groups (broad SMARTS) is 1. The molecule has 10 heteroatoms. The summed E-state index contributed by atoms with van der Waals surface area (Å²) in [6.45, 7) is 0.866. The molecule has 3 aromatic rings. The molecule has 0 aromatic heterocycles. The van der Waals surface area contributed by atoms with Crippen LogP contribution >= 0.6 is 23.2 Å². The summed E-state index contributed by atoms with van der Waals surface area (Å²) < 4.78 is 32.2. The third-order valence-electron chi connectivity index (χ3n) is 5.94. The van der Waals surface area contributed by atoms with Gasteiger partial charge in [0.05, 0.1) is 36.7 Å². The molecule has 3 aromatic carbocycles. The monoisotopic (exact) mass is 534 g/mol. The van der Waals surface area contributed by atoms with E-state index in [1.54, 1.807) is 0 Å².